The average molecular weight is 440 g/mol. The van der Waals surface area contributed by atoms with Crippen LogP contribution >= 0.6 is 0 Å². The monoisotopic (exact) mass is 439 g/mol. The number of imide groups is 1. The van der Waals surface area contributed by atoms with E-state index in [-0.39, 0.29) is 11.8 Å². The Morgan fingerprint density at radius 1 is 0.727 bits per heavy atom. The summed E-state index contributed by atoms with van der Waals surface area (Å²) in [5.74, 6) is -0.682. The predicted octanol–water partition coefficient (Wildman–Crippen LogP) is 5.38. The van der Waals surface area contributed by atoms with Crippen molar-refractivity contribution in [3.63, 3.8) is 0 Å². The Balaban J connectivity index is 1.82. The molecule has 0 saturated carbocycles. The number of hydrogen-bond acceptors (Lipinski definition) is 4. The molecule has 2 amide bonds. The summed E-state index contributed by atoms with van der Waals surface area (Å²) in [5, 5.41) is 3.29. The molecular formula is C28H29N3O2. The van der Waals surface area contributed by atoms with Crippen LogP contribution in [-0.2, 0) is 9.59 Å². The first kappa shape index (κ1) is 22.3. The second-order valence-corrected chi connectivity index (χ2v) is 8.85. The van der Waals surface area contributed by atoms with Crippen molar-refractivity contribution in [1.82, 2.24) is 0 Å². The third-order valence-electron chi connectivity index (χ3n) is 6.15. The van der Waals surface area contributed by atoms with Gasteiger partial charge in [0.2, 0.25) is 0 Å². The lowest BCUT2D eigenvalue weighted by atomic mass is 9.99. The first-order valence-electron chi connectivity index (χ1n) is 11.0. The number of carbonyl (C=O) groups excluding carboxylic acids is 2. The van der Waals surface area contributed by atoms with Gasteiger partial charge in [0, 0.05) is 25.5 Å². The molecule has 5 heteroatoms. The van der Waals surface area contributed by atoms with E-state index in [1.807, 2.05) is 101 Å². The Hall–Kier alpha value is -3.86. The minimum absolute atomic E-state index is 0.298. The van der Waals surface area contributed by atoms with Gasteiger partial charge in [-0.3, -0.25) is 9.59 Å². The molecular weight excluding hydrogens is 410 g/mol. The minimum Gasteiger partial charge on any atom is -0.378 e. The molecule has 0 saturated heterocycles. The van der Waals surface area contributed by atoms with E-state index in [2.05, 4.69) is 11.4 Å². The topological polar surface area (TPSA) is 52.7 Å². The molecule has 0 fully saturated rings. The maximum atomic E-state index is 13.7. The zero-order valence-electron chi connectivity index (χ0n) is 20.0. The highest BCUT2D eigenvalue weighted by Crippen LogP contribution is 2.35. The first-order valence-corrected chi connectivity index (χ1v) is 11.0. The van der Waals surface area contributed by atoms with Gasteiger partial charge in [-0.15, -0.1) is 0 Å². The first-order chi connectivity index (χ1) is 15.7. The van der Waals surface area contributed by atoms with Gasteiger partial charge in [-0.1, -0.05) is 35.9 Å². The second kappa shape index (κ2) is 8.58. The van der Waals surface area contributed by atoms with Crippen molar-refractivity contribution in [1.29, 1.82) is 0 Å². The molecule has 0 radical (unpaired) electrons. The molecule has 1 N–H and O–H groups in total. The number of anilines is 3. The van der Waals surface area contributed by atoms with Crippen molar-refractivity contribution in [2.24, 2.45) is 0 Å². The number of amides is 2. The van der Waals surface area contributed by atoms with Crippen LogP contribution in [0.3, 0.4) is 0 Å². The molecule has 4 rings (SSSR count). The van der Waals surface area contributed by atoms with Crippen LogP contribution in [0.4, 0.5) is 17.1 Å². The van der Waals surface area contributed by atoms with Gasteiger partial charge in [0.05, 0.1) is 11.3 Å². The van der Waals surface area contributed by atoms with Gasteiger partial charge >= 0.3 is 0 Å². The molecule has 0 aliphatic carbocycles. The van der Waals surface area contributed by atoms with Crippen LogP contribution in [0.5, 0.6) is 0 Å². The quantitative estimate of drug-likeness (QED) is 0.542. The Kier molecular flexibility index (Phi) is 5.81. The molecule has 0 aromatic heterocycles. The van der Waals surface area contributed by atoms with Crippen LogP contribution in [0.2, 0.25) is 0 Å². The van der Waals surface area contributed by atoms with Gasteiger partial charge < -0.3 is 10.2 Å². The number of benzene rings is 3. The van der Waals surface area contributed by atoms with E-state index in [1.54, 1.807) is 0 Å². The summed E-state index contributed by atoms with van der Waals surface area (Å²) < 4.78 is 0. The van der Waals surface area contributed by atoms with E-state index in [0.717, 1.165) is 39.2 Å². The molecule has 1 aliphatic rings. The minimum atomic E-state index is -0.356. The maximum Gasteiger partial charge on any atom is 0.282 e. The summed E-state index contributed by atoms with van der Waals surface area (Å²) in [5.41, 5.74) is 8.12. The van der Waals surface area contributed by atoms with Crippen molar-refractivity contribution in [2.45, 2.75) is 27.7 Å². The Labute approximate surface area is 195 Å². The van der Waals surface area contributed by atoms with Crippen molar-refractivity contribution in [3.8, 4) is 0 Å². The van der Waals surface area contributed by atoms with Crippen LogP contribution in [0.1, 0.15) is 27.8 Å². The summed E-state index contributed by atoms with van der Waals surface area (Å²) in [7, 11) is 3.90. The van der Waals surface area contributed by atoms with Crippen molar-refractivity contribution in [3.05, 3.63) is 94.2 Å². The smallest absolute Gasteiger partial charge is 0.282 e. The van der Waals surface area contributed by atoms with E-state index < -0.39 is 0 Å². The fourth-order valence-corrected chi connectivity index (χ4v) is 4.03. The van der Waals surface area contributed by atoms with Crippen molar-refractivity contribution >= 4 is 34.4 Å². The summed E-state index contributed by atoms with van der Waals surface area (Å²) in [6.07, 6.45) is 0. The maximum absolute atomic E-state index is 13.7. The van der Waals surface area contributed by atoms with Gasteiger partial charge in [-0.2, -0.15) is 0 Å². The average Bonchev–Trinajstić information content (AvgIpc) is 3.01. The van der Waals surface area contributed by atoms with Gasteiger partial charge in [-0.05, 0) is 80.3 Å². The molecule has 3 aromatic rings. The third kappa shape index (κ3) is 4.14. The van der Waals surface area contributed by atoms with Crippen LogP contribution in [0, 0.1) is 27.7 Å². The number of hydrogen-bond donors (Lipinski definition) is 1. The molecule has 0 bridgehead atoms. The number of aryl methyl sites for hydroxylation is 4. The summed E-state index contributed by atoms with van der Waals surface area (Å²) in [6, 6.07) is 19.3. The third-order valence-corrected chi connectivity index (χ3v) is 6.15. The van der Waals surface area contributed by atoms with Crippen LogP contribution in [0.15, 0.2) is 66.4 Å². The fraction of sp³-hybridized carbons (Fsp3) is 0.214. The lowest BCUT2D eigenvalue weighted by molar-refractivity contribution is -0.120. The largest absolute Gasteiger partial charge is 0.378 e. The van der Waals surface area contributed by atoms with Crippen LogP contribution < -0.4 is 15.1 Å². The standard InChI is InChI=1S/C28H29N3O2/c1-17-7-14-24(20(4)15-17)29-26-25(21-9-8-18(2)19(3)16-21)27(32)31(28(26)33)23-12-10-22(11-13-23)30(5)6/h7-16,29H,1-6H3. The number of carbonyl (C=O) groups is 2. The Morgan fingerprint density at radius 3 is 2.03 bits per heavy atom. The van der Waals surface area contributed by atoms with E-state index in [9.17, 15) is 9.59 Å². The number of nitrogens with one attached hydrogen (secondary N) is 1. The van der Waals surface area contributed by atoms with Gasteiger partial charge in [0.15, 0.2) is 0 Å². The highest BCUT2D eigenvalue weighted by Gasteiger charge is 2.40. The summed E-state index contributed by atoms with van der Waals surface area (Å²) in [4.78, 5) is 30.5. The Bertz CT molecular complexity index is 1290. The number of nitrogens with zero attached hydrogens (tertiary/aromatic N) is 2. The SMILES string of the molecule is Cc1ccc(NC2=C(c3ccc(C)c(C)c3)C(=O)N(c3ccc(N(C)C)cc3)C2=O)c(C)c1. The molecule has 3 aromatic carbocycles. The molecule has 5 nitrogen and oxygen atoms in total. The van der Waals surface area contributed by atoms with Gasteiger partial charge in [0.25, 0.3) is 11.8 Å². The van der Waals surface area contributed by atoms with E-state index in [0.29, 0.717) is 17.0 Å². The summed E-state index contributed by atoms with van der Waals surface area (Å²) >= 11 is 0. The van der Waals surface area contributed by atoms with Crippen molar-refractivity contribution < 1.29 is 9.59 Å². The molecule has 1 aliphatic heterocycles. The molecule has 0 spiro atoms. The molecule has 33 heavy (non-hydrogen) atoms. The van der Waals surface area contributed by atoms with Crippen LogP contribution in [0.25, 0.3) is 5.57 Å². The normalized spacial score (nSPS) is 13.7. The lowest BCUT2D eigenvalue weighted by Gasteiger charge is -2.18. The van der Waals surface area contributed by atoms with E-state index in [4.69, 9.17) is 0 Å². The lowest BCUT2D eigenvalue weighted by Crippen LogP contribution is -2.32. The summed E-state index contributed by atoms with van der Waals surface area (Å²) in [6.45, 7) is 8.06. The fourth-order valence-electron chi connectivity index (χ4n) is 4.03. The Morgan fingerprint density at radius 2 is 1.42 bits per heavy atom. The number of rotatable bonds is 5. The molecule has 168 valence electrons. The second-order valence-electron chi connectivity index (χ2n) is 8.85. The zero-order valence-corrected chi connectivity index (χ0v) is 20.0. The highest BCUT2D eigenvalue weighted by atomic mass is 16.2. The van der Waals surface area contributed by atoms with E-state index >= 15 is 0 Å². The van der Waals surface area contributed by atoms with E-state index in [1.165, 1.54) is 4.90 Å². The van der Waals surface area contributed by atoms with Crippen molar-refractivity contribution in [2.75, 3.05) is 29.2 Å². The predicted molar refractivity (Wildman–Crippen MR) is 136 cm³/mol. The molecule has 0 unspecified atom stereocenters. The molecule has 1 heterocycles. The zero-order chi connectivity index (χ0) is 23.9. The van der Waals surface area contributed by atoms with Gasteiger partial charge in [0.1, 0.15) is 5.70 Å². The molecule has 0 atom stereocenters. The van der Waals surface area contributed by atoms with Gasteiger partial charge in [-0.25, -0.2) is 4.90 Å². The van der Waals surface area contributed by atoms with Crippen LogP contribution in [-0.4, -0.2) is 25.9 Å². The highest BCUT2D eigenvalue weighted by molar-refractivity contribution is 6.46.